The molecule has 0 spiro atoms. The highest BCUT2D eigenvalue weighted by molar-refractivity contribution is 5.81. The third-order valence-corrected chi connectivity index (χ3v) is 3.09. The molecule has 1 amide bonds. The van der Waals surface area contributed by atoms with Gasteiger partial charge in [-0.25, -0.2) is 0 Å². The minimum absolute atomic E-state index is 0.101. The molecule has 84 valence electrons. The van der Waals surface area contributed by atoms with Gasteiger partial charge in [0.25, 0.3) is 0 Å². The van der Waals surface area contributed by atoms with E-state index in [0.29, 0.717) is 12.3 Å². The zero-order chi connectivity index (χ0) is 11.5. The van der Waals surface area contributed by atoms with E-state index in [4.69, 9.17) is 5.26 Å². The average molecular weight is 208 g/mol. The van der Waals surface area contributed by atoms with Gasteiger partial charge < -0.3 is 5.32 Å². The lowest BCUT2D eigenvalue weighted by Gasteiger charge is -2.27. The summed E-state index contributed by atoms with van der Waals surface area (Å²) in [6, 6.07) is 2.07. The summed E-state index contributed by atoms with van der Waals surface area (Å²) in [5, 5.41) is 11.9. The van der Waals surface area contributed by atoms with Crippen LogP contribution in [0.25, 0.3) is 0 Å². The van der Waals surface area contributed by atoms with Crippen LogP contribution in [0.3, 0.4) is 0 Å². The Hall–Kier alpha value is -1.04. The molecule has 1 fully saturated rings. The van der Waals surface area contributed by atoms with Gasteiger partial charge in [0.2, 0.25) is 5.91 Å². The maximum atomic E-state index is 11.8. The molecule has 1 N–H and O–H groups in total. The predicted molar refractivity (Wildman–Crippen MR) is 59.0 cm³/mol. The van der Waals surface area contributed by atoms with Crippen LogP contribution < -0.4 is 5.32 Å². The van der Waals surface area contributed by atoms with E-state index in [-0.39, 0.29) is 11.4 Å². The molecule has 0 saturated heterocycles. The van der Waals surface area contributed by atoms with E-state index in [0.717, 1.165) is 6.42 Å². The van der Waals surface area contributed by atoms with Gasteiger partial charge in [-0.1, -0.05) is 13.3 Å². The largest absolute Gasteiger partial charge is 0.350 e. The van der Waals surface area contributed by atoms with Gasteiger partial charge in [0, 0.05) is 5.54 Å². The van der Waals surface area contributed by atoms with Gasteiger partial charge in [0.15, 0.2) is 0 Å². The Morgan fingerprint density at radius 1 is 1.60 bits per heavy atom. The van der Waals surface area contributed by atoms with Crippen molar-refractivity contribution < 1.29 is 4.79 Å². The minimum Gasteiger partial charge on any atom is -0.350 e. The standard InChI is InChI=1S/C12H20N2O/c1-4-5-9(8-13)11(15)14-12(2,3)10-6-7-10/h9-10H,4-7H2,1-3H3,(H,14,15). The number of hydrogen-bond acceptors (Lipinski definition) is 2. The van der Waals surface area contributed by atoms with Crippen LogP contribution in [0.5, 0.6) is 0 Å². The van der Waals surface area contributed by atoms with Crippen LogP contribution >= 0.6 is 0 Å². The predicted octanol–water partition coefficient (Wildman–Crippen LogP) is 2.23. The number of amides is 1. The summed E-state index contributed by atoms with van der Waals surface area (Å²) in [4.78, 5) is 11.8. The number of nitrogens with one attached hydrogen (secondary N) is 1. The van der Waals surface area contributed by atoms with Gasteiger partial charge in [0.05, 0.1) is 6.07 Å². The first-order valence-electron chi connectivity index (χ1n) is 5.73. The Balaban J connectivity index is 2.49. The first-order chi connectivity index (χ1) is 7.01. The Bertz CT molecular complexity index is 274. The molecule has 0 heterocycles. The van der Waals surface area contributed by atoms with Crippen LogP contribution in [-0.2, 0) is 4.79 Å². The van der Waals surface area contributed by atoms with Crippen LogP contribution in [0, 0.1) is 23.2 Å². The van der Waals surface area contributed by atoms with Crippen molar-refractivity contribution in [1.82, 2.24) is 5.32 Å². The fraction of sp³-hybridized carbons (Fsp3) is 0.833. The molecule has 0 aromatic heterocycles. The van der Waals surface area contributed by atoms with Crippen molar-refractivity contribution in [2.24, 2.45) is 11.8 Å². The highest BCUT2D eigenvalue weighted by Gasteiger charge is 2.39. The normalized spacial score (nSPS) is 18.0. The lowest BCUT2D eigenvalue weighted by Crippen LogP contribution is -2.47. The number of nitriles is 1. The molecular formula is C12H20N2O. The van der Waals surface area contributed by atoms with Crippen molar-refractivity contribution in [3.63, 3.8) is 0 Å². The molecule has 1 aliphatic carbocycles. The molecular weight excluding hydrogens is 188 g/mol. The lowest BCUT2D eigenvalue weighted by molar-refractivity contribution is -0.125. The Morgan fingerprint density at radius 2 is 2.20 bits per heavy atom. The SMILES string of the molecule is CCCC(C#N)C(=O)NC(C)(C)C1CC1. The van der Waals surface area contributed by atoms with E-state index in [1.165, 1.54) is 12.8 Å². The monoisotopic (exact) mass is 208 g/mol. The Labute approximate surface area is 91.9 Å². The van der Waals surface area contributed by atoms with Gasteiger partial charge in [-0.2, -0.15) is 5.26 Å². The van der Waals surface area contributed by atoms with E-state index in [1.54, 1.807) is 0 Å². The van der Waals surface area contributed by atoms with Crippen LogP contribution in [0.2, 0.25) is 0 Å². The molecule has 0 aliphatic heterocycles. The summed E-state index contributed by atoms with van der Waals surface area (Å²) >= 11 is 0. The topological polar surface area (TPSA) is 52.9 Å². The summed E-state index contributed by atoms with van der Waals surface area (Å²) in [5.74, 6) is 0.0201. The molecule has 0 radical (unpaired) electrons. The van der Waals surface area contributed by atoms with Gasteiger partial charge in [0.1, 0.15) is 5.92 Å². The van der Waals surface area contributed by atoms with Gasteiger partial charge in [-0.3, -0.25) is 4.79 Å². The second kappa shape index (κ2) is 4.65. The summed E-state index contributed by atoms with van der Waals surface area (Å²) in [5.41, 5.74) is -0.139. The van der Waals surface area contributed by atoms with Gasteiger partial charge >= 0.3 is 0 Å². The molecule has 0 bridgehead atoms. The average Bonchev–Trinajstić information content (AvgIpc) is 2.95. The summed E-state index contributed by atoms with van der Waals surface area (Å²) in [6.07, 6.45) is 3.91. The quantitative estimate of drug-likeness (QED) is 0.753. The molecule has 3 heteroatoms. The molecule has 1 atom stereocenters. The number of carbonyl (C=O) groups excluding carboxylic acids is 1. The molecule has 15 heavy (non-hydrogen) atoms. The van der Waals surface area contributed by atoms with Crippen LogP contribution in [-0.4, -0.2) is 11.4 Å². The zero-order valence-corrected chi connectivity index (χ0v) is 9.84. The van der Waals surface area contributed by atoms with Crippen LogP contribution in [0.15, 0.2) is 0 Å². The van der Waals surface area contributed by atoms with Crippen LogP contribution in [0.1, 0.15) is 46.5 Å². The second-order valence-electron chi connectivity index (χ2n) is 4.96. The lowest BCUT2D eigenvalue weighted by atomic mass is 9.96. The highest BCUT2D eigenvalue weighted by atomic mass is 16.2. The number of carbonyl (C=O) groups is 1. The van der Waals surface area contributed by atoms with Crippen molar-refractivity contribution in [2.45, 2.75) is 52.0 Å². The number of nitrogens with zero attached hydrogens (tertiary/aromatic N) is 1. The summed E-state index contributed by atoms with van der Waals surface area (Å²) in [7, 11) is 0. The maximum Gasteiger partial charge on any atom is 0.237 e. The first-order valence-corrected chi connectivity index (χ1v) is 5.73. The first kappa shape index (κ1) is 12.0. The van der Waals surface area contributed by atoms with E-state index in [9.17, 15) is 4.79 Å². The van der Waals surface area contributed by atoms with E-state index in [1.807, 2.05) is 20.8 Å². The third kappa shape index (κ3) is 3.23. The van der Waals surface area contributed by atoms with Gasteiger partial charge in [-0.05, 0) is 39.0 Å². The van der Waals surface area contributed by atoms with E-state index < -0.39 is 5.92 Å². The zero-order valence-electron chi connectivity index (χ0n) is 9.84. The number of rotatable bonds is 5. The molecule has 1 unspecified atom stereocenters. The van der Waals surface area contributed by atoms with Crippen LogP contribution in [0.4, 0.5) is 0 Å². The molecule has 3 nitrogen and oxygen atoms in total. The number of hydrogen-bond donors (Lipinski definition) is 1. The summed E-state index contributed by atoms with van der Waals surface area (Å²) in [6.45, 7) is 6.08. The van der Waals surface area contributed by atoms with E-state index in [2.05, 4.69) is 11.4 Å². The summed E-state index contributed by atoms with van der Waals surface area (Å²) < 4.78 is 0. The molecule has 0 aromatic rings. The fourth-order valence-electron chi connectivity index (χ4n) is 1.85. The highest BCUT2D eigenvalue weighted by Crippen LogP contribution is 2.39. The third-order valence-electron chi connectivity index (χ3n) is 3.09. The van der Waals surface area contributed by atoms with Crippen molar-refractivity contribution in [1.29, 1.82) is 5.26 Å². The second-order valence-corrected chi connectivity index (χ2v) is 4.96. The minimum atomic E-state index is -0.479. The molecule has 1 rings (SSSR count). The van der Waals surface area contributed by atoms with Crippen molar-refractivity contribution in [3.8, 4) is 6.07 Å². The Morgan fingerprint density at radius 3 is 2.60 bits per heavy atom. The smallest absolute Gasteiger partial charge is 0.237 e. The fourth-order valence-corrected chi connectivity index (χ4v) is 1.85. The molecule has 1 saturated carbocycles. The Kier molecular flexibility index (Phi) is 3.73. The maximum absolute atomic E-state index is 11.8. The molecule has 0 aromatic carbocycles. The van der Waals surface area contributed by atoms with Crippen molar-refractivity contribution >= 4 is 5.91 Å². The van der Waals surface area contributed by atoms with E-state index >= 15 is 0 Å². The van der Waals surface area contributed by atoms with Crippen molar-refractivity contribution in [2.75, 3.05) is 0 Å². The van der Waals surface area contributed by atoms with Gasteiger partial charge in [-0.15, -0.1) is 0 Å². The van der Waals surface area contributed by atoms with Crippen molar-refractivity contribution in [3.05, 3.63) is 0 Å². The molecule has 1 aliphatic rings.